The average Bonchev–Trinajstić information content (AvgIpc) is 3.26. The molecule has 1 aromatic heterocycles. The maximum atomic E-state index is 10.3. The fourth-order valence-corrected chi connectivity index (χ4v) is 4.27. The van der Waals surface area contributed by atoms with Crippen molar-refractivity contribution in [1.82, 2.24) is 5.32 Å². The highest BCUT2D eigenvalue weighted by Gasteiger charge is 2.11. The van der Waals surface area contributed by atoms with Gasteiger partial charge < -0.3 is 20.3 Å². The SMILES string of the molecule is OCc1sccc1-c1ccccc1CNCC(O)COc1ccc2ccccc2c1. The molecule has 4 nitrogen and oxygen atoms in total. The fourth-order valence-electron chi connectivity index (χ4n) is 3.52. The summed E-state index contributed by atoms with van der Waals surface area (Å²) in [7, 11) is 0. The van der Waals surface area contributed by atoms with E-state index in [0.717, 1.165) is 32.7 Å². The molecule has 0 saturated heterocycles. The van der Waals surface area contributed by atoms with E-state index in [9.17, 15) is 10.2 Å². The van der Waals surface area contributed by atoms with Gasteiger partial charge in [0.25, 0.3) is 0 Å². The molecule has 0 radical (unpaired) electrons. The van der Waals surface area contributed by atoms with Gasteiger partial charge in [0.1, 0.15) is 18.5 Å². The molecule has 154 valence electrons. The first-order valence-electron chi connectivity index (χ1n) is 10.0. The van der Waals surface area contributed by atoms with Crippen LogP contribution in [0.3, 0.4) is 0 Å². The zero-order valence-corrected chi connectivity index (χ0v) is 17.4. The Hall–Kier alpha value is -2.70. The average molecular weight is 420 g/mol. The second kappa shape index (κ2) is 9.87. The molecule has 4 aromatic rings. The van der Waals surface area contributed by atoms with Crippen molar-refractivity contribution in [3.63, 3.8) is 0 Å². The number of rotatable bonds is 9. The van der Waals surface area contributed by atoms with Crippen molar-refractivity contribution >= 4 is 22.1 Å². The molecule has 0 bridgehead atoms. The van der Waals surface area contributed by atoms with Gasteiger partial charge in [-0.25, -0.2) is 0 Å². The van der Waals surface area contributed by atoms with E-state index in [4.69, 9.17) is 4.74 Å². The highest BCUT2D eigenvalue weighted by molar-refractivity contribution is 7.10. The summed E-state index contributed by atoms with van der Waals surface area (Å²) in [5, 5.41) is 27.5. The Morgan fingerprint density at radius 3 is 2.57 bits per heavy atom. The van der Waals surface area contributed by atoms with Gasteiger partial charge in [0.05, 0.1) is 6.61 Å². The van der Waals surface area contributed by atoms with Gasteiger partial charge in [0.15, 0.2) is 0 Å². The van der Waals surface area contributed by atoms with Crippen LogP contribution in [0.1, 0.15) is 10.4 Å². The van der Waals surface area contributed by atoms with E-state index in [1.54, 1.807) is 11.3 Å². The molecule has 0 aliphatic rings. The standard InChI is InChI=1S/C25H25NO3S/c27-16-25-24(11-12-30-25)23-8-4-3-7-20(23)14-26-15-21(28)17-29-22-10-9-18-5-1-2-6-19(18)13-22/h1-13,21,26-28H,14-17H2. The van der Waals surface area contributed by atoms with Gasteiger partial charge in [-0.15, -0.1) is 11.3 Å². The molecule has 1 atom stereocenters. The minimum atomic E-state index is -0.613. The second-order valence-electron chi connectivity index (χ2n) is 7.18. The lowest BCUT2D eigenvalue weighted by Gasteiger charge is -2.15. The van der Waals surface area contributed by atoms with Crippen LogP contribution in [0.4, 0.5) is 0 Å². The Morgan fingerprint density at radius 1 is 0.900 bits per heavy atom. The fraction of sp³-hybridized carbons (Fsp3) is 0.200. The zero-order chi connectivity index (χ0) is 20.8. The Morgan fingerprint density at radius 2 is 1.70 bits per heavy atom. The lowest BCUT2D eigenvalue weighted by Crippen LogP contribution is -2.31. The summed E-state index contributed by atoms with van der Waals surface area (Å²) in [4.78, 5) is 0.964. The van der Waals surface area contributed by atoms with Gasteiger partial charge in [0.2, 0.25) is 0 Å². The number of fused-ring (bicyclic) bond motifs is 1. The first-order valence-corrected chi connectivity index (χ1v) is 10.9. The van der Waals surface area contributed by atoms with E-state index in [-0.39, 0.29) is 13.2 Å². The third-order valence-corrected chi connectivity index (χ3v) is 5.96. The van der Waals surface area contributed by atoms with Crippen LogP contribution in [0.15, 0.2) is 78.2 Å². The molecule has 0 fully saturated rings. The normalized spacial score (nSPS) is 12.2. The number of benzene rings is 3. The van der Waals surface area contributed by atoms with Crippen molar-refractivity contribution in [1.29, 1.82) is 0 Å². The summed E-state index contributed by atoms with van der Waals surface area (Å²) in [5.41, 5.74) is 3.31. The summed E-state index contributed by atoms with van der Waals surface area (Å²) < 4.78 is 5.78. The Labute approximate surface area is 180 Å². The molecule has 1 heterocycles. The van der Waals surface area contributed by atoms with Crippen LogP contribution in [-0.2, 0) is 13.2 Å². The first-order chi connectivity index (χ1) is 14.7. The predicted octanol–water partition coefficient (Wildman–Crippen LogP) is 4.59. The molecule has 1 unspecified atom stereocenters. The van der Waals surface area contributed by atoms with Crippen molar-refractivity contribution < 1.29 is 14.9 Å². The monoisotopic (exact) mass is 419 g/mol. The van der Waals surface area contributed by atoms with Crippen LogP contribution in [0, 0.1) is 0 Å². The number of nitrogens with one attached hydrogen (secondary N) is 1. The minimum absolute atomic E-state index is 0.0413. The molecule has 3 aromatic carbocycles. The van der Waals surface area contributed by atoms with Gasteiger partial charge in [-0.2, -0.15) is 0 Å². The first kappa shape index (κ1) is 20.6. The van der Waals surface area contributed by atoms with E-state index in [0.29, 0.717) is 13.1 Å². The maximum Gasteiger partial charge on any atom is 0.120 e. The highest BCUT2D eigenvalue weighted by atomic mass is 32.1. The summed E-state index contributed by atoms with van der Waals surface area (Å²) in [5.74, 6) is 0.757. The number of hydrogen-bond donors (Lipinski definition) is 3. The van der Waals surface area contributed by atoms with E-state index < -0.39 is 6.10 Å². The van der Waals surface area contributed by atoms with Gasteiger partial charge in [-0.3, -0.25) is 0 Å². The number of thiophene rings is 1. The second-order valence-corrected chi connectivity index (χ2v) is 8.18. The topological polar surface area (TPSA) is 61.7 Å². The third kappa shape index (κ3) is 4.89. The number of aliphatic hydroxyl groups excluding tert-OH is 2. The number of ether oxygens (including phenoxy) is 1. The van der Waals surface area contributed by atoms with Gasteiger partial charge in [-0.1, -0.05) is 54.6 Å². The summed E-state index contributed by atoms with van der Waals surface area (Å²) >= 11 is 1.56. The largest absolute Gasteiger partial charge is 0.491 e. The Balaban J connectivity index is 1.31. The van der Waals surface area contributed by atoms with E-state index in [2.05, 4.69) is 23.5 Å². The molecule has 0 aliphatic heterocycles. The Kier molecular flexibility index (Phi) is 6.77. The minimum Gasteiger partial charge on any atom is -0.491 e. The molecule has 0 aliphatic carbocycles. The molecular formula is C25H25NO3S. The van der Waals surface area contributed by atoms with E-state index in [1.807, 2.05) is 60.0 Å². The highest BCUT2D eigenvalue weighted by Crippen LogP contribution is 2.31. The van der Waals surface area contributed by atoms with Gasteiger partial charge >= 0.3 is 0 Å². The molecule has 0 amide bonds. The summed E-state index contributed by atoms with van der Waals surface area (Å²) in [6, 6.07) is 24.3. The summed E-state index contributed by atoms with van der Waals surface area (Å²) in [6.07, 6.45) is -0.613. The number of aliphatic hydroxyl groups is 2. The van der Waals surface area contributed by atoms with Crippen LogP contribution in [0.25, 0.3) is 21.9 Å². The molecule has 5 heteroatoms. The number of hydrogen-bond acceptors (Lipinski definition) is 5. The molecule has 4 rings (SSSR count). The smallest absolute Gasteiger partial charge is 0.120 e. The van der Waals surface area contributed by atoms with E-state index in [1.165, 1.54) is 5.39 Å². The van der Waals surface area contributed by atoms with Crippen molar-refractivity contribution in [3.05, 3.63) is 88.6 Å². The molecule has 3 N–H and O–H groups in total. The van der Waals surface area contributed by atoms with Gasteiger partial charge in [0, 0.05) is 18.0 Å². The summed E-state index contributed by atoms with van der Waals surface area (Å²) in [6.45, 7) is 1.33. The van der Waals surface area contributed by atoms with Crippen LogP contribution < -0.4 is 10.1 Å². The van der Waals surface area contributed by atoms with Crippen molar-refractivity contribution in [3.8, 4) is 16.9 Å². The maximum absolute atomic E-state index is 10.3. The van der Waals surface area contributed by atoms with E-state index >= 15 is 0 Å². The molecule has 0 saturated carbocycles. The molecule has 0 spiro atoms. The lowest BCUT2D eigenvalue weighted by molar-refractivity contribution is 0.106. The van der Waals surface area contributed by atoms with Crippen LogP contribution in [-0.4, -0.2) is 29.5 Å². The third-order valence-electron chi connectivity index (χ3n) is 5.06. The Bertz CT molecular complexity index is 1110. The van der Waals surface area contributed by atoms with Crippen LogP contribution >= 0.6 is 11.3 Å². The van der Waals surface area contributed by atoms with Crippen molar-refractivity contribution in [2.75, 3.05) is 13.2 Å². The molecular weight excluding hydrogens is 394 g/mol. The lowest BCUT2D eigenvalue weighted by atomic mass is 10.0. The van der Waals surface area contributed by atoms with Crippen molar-refractivity contribution in [2.24, 2.45) is 0 Å². The van der Waals surface area contributed by atoms with Gasteiger partial charge in [-0.05, 0) is 51.0 Å². The quantitative estimate of drug-likeness (QED) is 0.371. The van der Waals surface area contributed by atoms with Crippen LogP contribution in [0.2, 0.25) is 0 Å². The predicted molar refractivity (Wildman–Crippen MR) is 123 cm³/mol. The van der Waals surface area contributed by atoms with Crippen LogP contribution in [0.5, 0.6) is 5.75 Å². The molecule has 30 heavy (non-hydrogen) atoms. The van der Waals surface area contributed by atoms with Crippen molar-refractivity contribution in [2.45, 2.75) is 19.3 Å². The zero-order valence-electron chi connectivity index (χ0n) is 16.6.